The molecule has 25 heavy (non-hydrogen) atoms. The molecule has 0 amide bonds. The molecule has 136 valence electrons. The second-order valence-corrected chi connectivity index (χ2v) is 7.05. The van der Waals surface area contributed by atoms with E-state index in [1.807, 2.05) is 25.3 Å². The molecule has 4 heterocycles. The molecule has 0 radical (unpaired) electrons. The molecule has 2 saturated heterocycles. The zero-order chi connectivity index (χ0) is 17.8. The van der Waals surface area contributed by atoms with Crippen LogP contribution in [0.4, 0.5) is 0 Å². The zero-order valence-electron chi connectivity index (χ0n) is 14.6. The first-order valence-electron chi connectivity index (χ1n) is 8.32. The van der Waals surface area contributed by atoms with Gasteiger partial charge in [-0.05, 0) is 13.8 Å². The van der Waals surface area contributed by atoms with Crippen molar-refractivity contribution in [1.82, 2.24) is 19.5 Å². The molecule has 9 heteroatoms. The van der Waals surface area contributed by atoms with Crippen molar-refractivity contribution in [1.29, 1.82) is 0 Å². The average Bonchev–Trinajstić information content (AvgIpc) is 3.20. The maximum Gasteiger partial charge on any atom is 0.167 e. The Morgan fingerprint density at radius 3 is 2.76 bits per heavy atom. The van der Waals surface area contributed by atoms with E-state index in [0.29, 0.717) is 35.2 Å². The highest BCUT2D eigenvalue weighted by atomic mass is 35.5. The van der Waals surface area contributed by atoms with Gasteiger partial charge in [0.25, 0.3) is 0 Å². The number of ether oxygens (including phenoxy) is 4. The van der Waals surface area contributed by atoms with Gasteiger partial charge in [-0.2, -0.15) is 0 Å². The number of halogens is 1. The fourth-order valence-electron chi connectivity index (χ4n) is 3.45. The summed E-state index contributed by atoms with van der Waals surface area (Å²) in [4.78, 5) is 13.2. The van der Waals surface area contributed by atoms with Gasteiger partial charge < -0.3 is 18.9 Å². The largest absolute Gasteiger partial charge is 0.382 e. The van der Waals surface area contributed by atoms with Crippen molar-refractivity contribution in [2.24, 2.45) is 0 Å². The van der Waals surface area contributed by atoms with Crippen LogP contribution in [0.25, 0.3) is 11.2 Å². The second kappa shape index (κ2) is 6.14. The Morgan fingerprint density at radius 1 is 1.28 bits per heavy atom. The minimum atomic E-state index is -0.680. The van der Waals surface area contributed by atoms with E-state index in [2.05, 4.69) is 15.0 Å². The van der Waals surface area contributed by atoms with Gasteiger partial charge in [-0.15, -0.1) is 0 Å². The molecule has 0 spiro atoms. The lowest BCUT2D eigenvalue weighted by atomic mass is 10.1. The Balaban J connectivity index is 1.76. The third-order valence-corrected chi connectivity index (χ3v) is 4.74. The number of hydrogen-bond acceptors (Lipinski definition) is 7. The molecule has 4 rings (SSSR count). The van der Waals surface area contributed by atoms with E-state index < -0.39 is 12.0 Å². The van der Waals surface area contributed by atoms with Crippen molar-refractivity contribution in [3.05, 3.63) is 17.3 Å². The number of methoxy groups -OCH3 is 1. The molecule has 2 aliphatic rings. The minimum absolute atomic E-state index is 0.222. The Labute approximate surface area is 150 Å². The van der Waals surface area contributed by atoms with Crippen LogP contribution in [-0.4, -0.2) is 57.3 Å². The van der Waals surface area contributed by atoms with E-state index in [1.165, 1.54) is 0 Å². The monoisotopic (exact) mass is 368 g/mol. The SMILES string of the molecule is CCc1nc(Cl)c2ncn([C@@H]3O[C@H](COC)[C@H]4OC(C)(C)O[C@H]43)c2n1. The summed E-state index contributed by atoms with van der Waals surface area (Å²) in [5, 5.41) is 0.340. The summed E-state index contributed by atoms with van der Waals surface area (Å²) in [5.41, 5.74) is 1.18. The third kappa shape index (κ3) is 2.82. The lowest BCUT2D eigenvalue weighted by Gasteiger charge is -2.24. The Kier molecular flexibility index (Phi) is 4.20. The standard InChI is InChI=1S/C16H21ClN4O4/c1-5-9-19-13(17)10-14(20-9)21(7-18-10)15-12-11(8(23-15)6-22-4)24-16(2,3)25-12/h7-8,11-12,15H,5-6H2,1-4H3/t8-,11-,12-,15-/m1/s1. The van der Waals surface area contributed by atoms with Crippen molar-refractivity contribution >= 4 is 22.8 Å². The van der Waals surface area contributed by atoms with E-state index >= 15 is 0 Å². The molecular weight excluding hydrogens is 348 g/mol. The van der Waals surface area contributed by atoms with Gasteiger partial charge in [0.1, 0.15) is 29.7 Å². The molecule has 0 aliphatic carbocycles. The second-order valence-electron chi connectivity index (χ2n) is 6.69. The topological polar surface area (TPSA) is 80.5 Å². The highest BCUT2D eigenvalue weighted by Crippen LogP contribution is 2.43. The first kappa shape index (κ1) is 17.1. The Morgan fingerprint density at radius 2 is 2.04 bits per heavy atom. The first-order valence-corrected chi connectivity index (χ1v) is 8.70. The van der Waals surface area contributed by atoms with Gasteiger partial charge in [-0.25, -0.2) is 15.0 Å². The molecule has 0 N–H and O–H groups in total. The fraction of sp³-hybridized carbons (Fsp3) is 0.688. The van der Waals surface area contributed by atoms with E-state index in [4.69, 9.17) is 30.5 Å². The van der Waals surface area contributed by atoms with Crippen LogP contribution >= 0.6 is 11.6 Å². The van der Waals surface area contributed by atoms with Gasteiger partial charge in [0.15, 0.2) is 22.8 Å². The zero-order valence-corrected chi connectivity index (χ0v) is 15.4. The molecule has 2 aliphatic heterocycles. The predicted octanol–water partition coefficient (Wildman–Crippen LogP) is 2.11. The average molecular weight is 369 g/mol. The van der Waals surface area contributed by atoms with Gasteiger partial charge in [0, 0.05) is 13.5 Å². The number of imidazole rings is 1. The van der Waals surface area contributed by atoms with Crippen LogP contribution < -0.4 is 0 Å². The summed E-state index contributed by atoms with van der Waals surface area (Å²) in [6.45, 7) is 6.18. The van der Waals surface area contributed by atoms with Gasteiger partial charge in [0.2, 0.25) is 0 Å². The third-order valence-electron chi connectivity index (χ3n) is 4.47. The minimum Gasteiger partial charge on any atom is -0.382 e. The van der Waals surface area contributed by atoms with Gasteiger partial charge in [-0.1, -0.05) is 18.5 Å². The summed E-state index contributed by atoms with van der Waals surface area (Å²) < 4.78 is 25.4. The normalized spacial score (nSPS) is 30.9. The summed E-state index contributed by atoms with van der Waals surface area (Å²) in [7, 11) is 1.64. The van der Waals surface area contributed by atoms with Gasteiger partial charge in [-0.3, -0.25) is 4.57 Å². The molecule has 8 nitrogen and oxygen atoms in total. The van der Waals surface area contributed by atoms with Crippen molar-refractivity contribution in [3.63, 3.8) is 0 Å². The highest BCUT2D eigenvalue weighted by Gasteiger charge is 2.56. The number of fused-ring (bicyclic) bond motifs is 2. The van der Waals surface area contributed by atoms with Crippen LogP contribution in [0.5, 0.6) is 0 Å². The number of aryl methyl sites for hydroxylation is 1. The summed E-state index contributed by atoms with van der Waals surface area (Å²) >= 11 is 6.25. The summed E-state index contributed by atoms with van der Waals surface area (Å²) in [6, 6.07) is 0. The quantitative estimate of drug-likeness (QED) is 0.764. The van der Waals surface area contributed by atoms with Crippen LogP contribution in [-0.2, 0) is 25.4 Å². The van der Waals surface area contributed by atoms with Gasteiger partial charge in [0.05, 0.1) is 12.9 Å². The molecule has 2 aromatic heterocycles. The summed E-state index contributed by atoms with van der Waals surface area (Å²) in [6.07, 6.45) is 1.18. The van der Waals surface area contributed by atoms with E-state index in [1.54, 1.807) is 13.4 Å². The van der Waals surface area contributed by atoms with Crippen LogP contribution in [0, 0.1) is 0 Å². The molecule has 4 atom stereocenters. The Hall–Kier alpha value is -1.32. The van der Waals surface area contributed by atoms with Crippen LogP contribution in [0.1, 0.15) is 32.8 Å². The van der Waals surface area contributed by atoms with Crippen LogP contribution in [0.3, 0.4) is 0 Å². The van der Waals surface area contributed by atoms with Crippen LogP contribution in [0.2, 0.25) is 5.15 Å². The molecule has 2 fully saturated rings. The predicted molar refractivity (Wildman–Crippen MR) is 89.3 cm³/mol. The van der Waals surface area contributed by atoms with Crippen molar-refractivity contribution < 1.29 is 18.9 Å². The molecule has 0 unspecified atom stereocenters. The van der Waals surface area contributed by atoms with Gasteiger partial charge >= 0.3 is 0 Å². The number of hydrogen-bond donors (Lipinski definition) is 0. The molecule has 0 aromatic carbocycles. The highest BCUT2D eigenvalue weighted by molar-refractivity contribution is 6.33. The van der Waals surface area contributed by atoms with Crippen molar-refractivity contribution in [2.75, 3.05) is 13.7 Å². The number of nitrogens with zero attached hydrogens (tertiary/aromatic N) is 4. The summed E-state index contributed by atoms with van der Waals surface area (Å²) in [5.74, 6) is -0.0211. The molecule has 2 aromatic rings. The maximum absolute atomic E-state index is 6.25. The van der Waals surface area contributed by atoms with Crippen LogP contribution in [0.15, 0.2) is 6.33 Å². The van der Waals surface area contributed by atoms with E-state index in [0.717, 1.165) is 0 Å². The van der Waals surface area contributed by atoms with Crippen molar-refractivity contribution in [2.45, 2.75) is 57.5 Å². The Bertz CT molecular complexity index is 796. The molecular formula is C16H21ClN4O4. The lowest BCUT2D eigenvalue weighted by molar-refractivity contribution is -0.200. The lowest BCUT2D eigenvalue weighted by Crippen LogP contribution is -2.32. The van der Waals surface area contributed by atoms with E-state index in [-0.39, 0.29) is 18.3 Å². The smallest absolute Gasteiger partial charge is 0.167 e. The number of rotatable bonds is 4. The molecule has 0 saturated carbocycles. The fourth-order valence-corrected chi connectivity index (χ4v) is 3.68. The molecule has 0 bridgehead atoms. The first-order chi connectivity index (χ1) is 11.9. The van der Waals surface area contributed by atoms with Crippen molar-refractivity contribution in [3.8, 4) is 0 Å². The number of aromatic nitrogens is 4. The maximum atomic E-state index is 6.25. The van der Waals surface area contributed by atoms with E-state index in [9.17, 15) is 0 Å².